The van der Waals surface area contributed by atoms with E-state index in [0.29, 0.717) is 22.1 Å². The maximum atomic E-state index is 13.3. The van der Waals surface area contributed by atoms with Crippen LogP contribution in [-0.4, -0.2) is 16.2 Å². The second kappa shape index (κ2) is 8.61. The number of rotatable bonds is 5. The molecule has 0 saturated heterocycles. The molecule has 0 aliphatic rings. The highest BCUT2D eigenvalue weighted by molar-refractivity contribution is 6.30. The standard InChI is InChI=1S/C22H14ClF3N4O/c23-16-8-6-15(7-9-16)19-11-10-17(31-19)13-27-30-21-28-18(14-4-2-1-3-5-14)12-20(29-21)22(24,25)26/h1-13H,(H,28,29,30). The number of hydrogen-bond acceptors (Lipinski definition) is 5. The van der Waals surface area contributed by atoms with Crippen molar-refractivity contribution in [3.05, 3.63) is 89.3 Å². The Kier molecular flexibility index (Phi) is 5.73. The van der Waals surface area contributed by atoms with Crippen molar-refractivity contribution in [1.29, 1.82) is 0 Å². The molecule has 0 spiro atoms. The van der Waals surface area contributed by atoms with Crippen molar-refractivity contribution in [3.8, 4) is 22.6 Å². The first-order valence-electron chi connectivity index (χ1n) is 9.05. The second-order valence-electron chi connectivity index (χ2n) is 6.40. The fraction of sp³-hybridized carbons (Fsp3) is 0.0455. The van der Waals surface area contributed by atoms with E-state index in [1.807, 2.05) is 12.1 Å². The third-order valence-corrected chi connectivity index (χ3v) is 4.45. The van der Waals surface area contributed by atoms with E-state index in [1.165, 1.54) is 6.21 Å². The van der Waals surface area contributed by atoms with Crippen molar-refractivity contribution >= 4 is 23.8 Å². The van der Waals surface area contributed by atoms with Gasteiger partial charge in [-0.25, -0.2) is 15.4 Å². The molecule has 156 valence electrons. The summed E-state index contributed by atoms with van der Waals surface area (Å²) in [5, 5.41) is 4.52. The van der Waals surface area contributed by atoms with E-state index in [2.05, 4.69) is 20.5 Å². The third-order valence-electron chi connectivity index (χ3n) is 4.20. The molecule has 5 nitrogen and oxygen atoms in total. The Bertz CT molecular complexity index is 1210. The van der Waals surface area contributed by atoms with Gasteiger partial charge in [-0.3, -0.25) is 0 Å². The summed E-state index contributed by atoms with van der Waals surface area (Å²) in [5.41, 5.74) is 2.86. The van der Waals surface area contributed by atoms with Gasteiger partial charge < -0.3 is 4.42 Å². The second-order valence-corrected chi connectivity index (χ2v) is 6.84. The first-order chi connectivity index (χ1) is 14.9. The molecule has 0 amide bonds. The number of hydrogen-bond donors (Lipinski definition) is 1. The van der Waals surface area contributed by atoms with Crippen molar-refractivity contribution in [2.24, 2.45) is 5.10 Å². The molecule has 31 heavy (non-hydrogen) atoms. The molecule has 0 aliphatic carbocycles. The molecular weight excluding hydrogens is 429 g/mol. The fourth-order valence-electron chi connectivity index (χ4n) is 2.74. The molecule has 4 rings (SSSR count). The molecule has 0 atom stereocenters. The summed E-state index contributed by atoms with van der Waals surface area (Å²) in [6, 6.07) is 19.9. The smallest absolute Gasteiger partial charge is 0.433 e. The molecule has 2 aromatic carbocycles. The van der Waals surface area contributed by atoms with Crippen LogP contribution in [0, 0.1) is 0 Å². The molecule has 0 saturated carbocycles. The fourth-order valence-corrected chi connectivity index (χ4v) is 2.87. The Morgan fingerprint density at radius 2 is 1.65 bits per heavy atom. The lowest BCUT2D eigenvalue weighted by molar-refractivity contribution is -0.141. The average molecular weight is 443 g/mol. The van der Waals surface area contributed by atoms with Crippen LogP contribution in [0.3, 0.4) is 0 Å². The van der Waals surface area contributed by atoms with E-state index in [0.717, 1.165) is 11.6 Å². The molecule has 2 heterocycles. The predicted molar refractivity (Wildman–Crippen MR) is 113 cm³/mol. The van der Waals surface area contributed by atoms with Gasteiger partial charge in [0.25, 0.3) is 0 Å². The minimum Gasteiger partial charge on any atom is -0.455 e. The largest absolute Gasteiger partial charge is 0.455 e. The van der Waals surface area contributed by atoms with Crippen molar-refractivity contribution in [1.82, 2.24) is 9.97 Å². The van der Waals surface area contributed by atoms with E-state index in [9.17, 15) is 13.2 Å². The van der Waals surface area contributed by atoms with E-state index in [1.54, 1.807) is 54.6 Å². The molecular formula is C22H14ClF3N4O. The number of halogens is 4. The van der Waals surface area contributed by atoms with Crippen LogP contribution in [0.4, 0.5) is 19.1 Å². The van der Waals surface area contributed by atoms with E-state index in [-0.39, 0.29) is 11.6 Å². The van der Waals surface area contributed by atoms with E-state index >= 15 is 0 Å². The number of aromatic nitrogens is 2. The highest BCUT2D eigenvalue weighted by Gasteiger charge is 2.33. The first kappa shape index (κ1) is 20.6. The SMILES string of the molecule is FC(F)(F)c1cc(-c2ccccc2)nc(NN=Cc2ccc(-c3ccc(Cl)cc3)o2)n1. The van der Waals surface area contributed by atoms with Gasteiger partial charge in [-0.1, -0.05) is 41.9 Å². The maximum Gasteiger partial charge on any atom is 0.433 e. The molecule has 0 unspecified atom stereocenters. The number of benzene rings is 2. The summed E-state index contributed by atoms with van der Waals surface area (Å²) >= 11 is 5.88. The normalized spacial score (nSPS) is 11.7. The van der Waals surface area contributed by atoms with Crippen LogP contribution in [0.25, 0.3) is 22.6 Å². The van der Waals surface area contributed by atoms with Crippen molar-refractivity contribution in [2.45, 2.75) is 6.18 Å². The van der Waals surface area contributed by atoms with Gasteiger partial charge in [-0.2, -0.15) is 18.3 Å². The highest BCUT2D eigenvalue weighted by Crippen LogP contribution is 2.31. The first-order valence-corrected chi connectivity index (χ1v) is 9.43. The Morgan fingerprint density at radius 1 is 0.903 bits per heavy atom. The van der Waals surface area contributed by atoms with E-state index < -0.39 is 11.9 Å². The molecule has 9 heteroatoms. The number of anilines is 1. The minimum absolute atomic E-state index is 0.128. The van der Waals surface area contributed by atoms with Crippen LogP contribution in [-0.2, 0) is 6.18 Å². The average Bonchev–Trinajstić information content (AvgIpc) is 3.23. The van der Waals surface area contributed by atoms with Crippen LogP contribution in [0.15, 0.2) is 82.3 Å². The minimum atomic E-state index is -4.62. The molecule has 0 aliphatic heterocycles. The predicted octanol–water partition coefficient (Wildman–Crippen LogP) is 6.52. The maximum absolute atomic E-state index is 13.3. The Hall–Kier alpha value is -3.65. The topological polar surface area (TPSA) is 63.3 Å². The van der Waals surface area contributed by atoms with Gasteiger partial charge in [0.2, 0.25) is 5.95 Å². The quantitative estimate of drug-likeness (QED) is 0.282. The molecule has 2 aromatic heterocycles. The zero-order valence-corrected chi connectivity index (χ0v) is 16.5. The van der Waals surface area contributed by atoms with Crippen LogP contribution >= 0.6 is 11.6 Å². The summed E-state index contributed by atoms with van der Waals surface area (Å²) in [6.07, 6.45) is -3.30. The molecule has 0 bridgehead atoms. The van der Waals surface area contributed by atoms with Crippen LogP contribution in [0.1, 0.15) is 11.5 Å². The Balaban J connectivity index is 1.55. The lowest BCUT2D eigenvalue weighted by Gasteiger charge is -2.10. The highest BCUT2D eigenvalue weighted by atomic mass is 35.5. The summed E-state index contributed by atoms with van der Waals surface area (Å²) in [4.78, 5) is 7.65. The van der Waals surface area contributed by atoms with Gasteiger partial charge in [0, 0.05) is 16.1 Å². The Labute approximate surface area is 180 Å². The number of nitrogens with one attached hydrogen (secondary N) is 1. The van der Waals surface area contributed by atoms with Gasteiger partial charge in [-0.05, 0) is 42.5 Å². The zero-order valence-electron chi connectivity index (χ0n) is 15.8. The third kappa shape index (κ3) is 5.10. The number of hydrazone groups is 1. The van der Waals surface area contributed by atoms with Crippen molar-refractivity contribution < 1.29 is 17.6 Å². The zero-order chi connectivity index (χ0) is 21.8. The van der Waals surface area contributed by atoms with Gasteiger partial charge in [-0.15, -0.1) is 0 Å². The van der Waals surface area contributed by atoms with Crippen molar-refractivity contribution in [2.75, 3.05) is 5.43 Å². The summed E-state index contributed by atoms with van der Waals surface area (Å²) in [6.45, 7) is 0. The van der Waals surface area contributed by atoms with Gasteiger partial charge in [0.15, 0.2) is 5.69 Å². The molecule has 4 aromatic rings. The molecule has 1 N–H and O–H groups in total. The number of furan rings is 1. The number of nitrogens with zero attached hydrogens (tertiary/aromatic N) is 3. The molecule has 0 radical (unpaired) electrons. The molecule has 0 fully saturated rings. The summed E-state index contributed by atoms with van der Waals surface area (Å²) < 4.78 is 45.4. The van der Waals surface area contributed by atoms with E-state index in [4.69, 9.17) is 16.0 Å². The number of alkyl halides is 3. The van der Waals surface area contributed by atoms with Gasteiger partial charge in [0.05, 0.1) is 11.9 Å². The van der Waals surface area contributed by atoms with Gasteiger partial charge >= 0.3 is 6.18 Å². The van der Waals surface area contributed by atoms with Crippen LogP contribution in [0.2, 0.25) is 5.02 Å². The summed E-state index contributed by atoms with van der Waals surface area (Å²) in [7, 11) is 0. The van der Waals surface area contributed by atoms with Gasteiger partial charge in [0.1, 0.15) is 11.5 Å². The van der Waals surface area contributed by atoms with Crippen LogP contribution in [0.5, 0.6) is 0 Å². The Morgan fingerprint density at radius 3 is 2.35 bits per heavy atom. The monoisotopic (exact) mass is 442 g/mol. The van der Waals surface area contributed by atoms with Crippen molar-refractivity contribution in [3.63, 3.8) is 0 Å². The van der Waals surface area contributed by atoms with Crippen LogP contribution < -0.4 is 5.43 Å². The lowest BCUT2D eigenvalue weighted by Crippen LogP contribution is -2.11. The summed E-state index contributed by atoms with van der Waals surface area (Å²) in [5.74, 6) is 0.710. The lowest BCUT2D eigenvalue weighted by atomic mass is 10.1.